The zero-order valence-corrected chi connectivity index (χ0v) is 22.8. The van der Waals surface area contributed by atoms with Crippen LogP contribution in [-0.2, 0) is 0 Å². The second-order valence-corrected chi connectivity index (χ2v) is 11.4. The molecule has 0 bridgehead atoms. The Morgan fingerprint density at radius 2 is 1.65 bits per heavy atom. The minimum absolute atomic E-state index is 0.0209. The Hall–Kier alpha value is -2.86. The molecule has 3 aliphatic rings. The topological polar surface area (TPSA) is 42.3 Å². The molecule has 0 amide bonds. The predicted molar refractivity (Wildman–Crippen MR) is 153 cm³/mol. The van der Waals surface area contributed by atoms with Gasteiger partial charge in [0.25, 0.3) is 0 Å². The summed E-state index contributed by atoms with van der Waals surface area (Å²) in [5.41, 5.74) is 6.13. The van der Waals surface area contributed by atoms with E-state index < -0.39 is 0 Å². The van der Waals surface area contributed by atoms with Gasteiger partial charge in [0.2, 0.25) is 0 Å². The number of rotatable bonds is 6. The standard InChI is InChI=1S/C31H38N4OS/c1-21-20-27(22(2)34(21)23-10-4-3-5-11-23)30-29(28-14-8-9-19-32-28)33-31(37)35(30)24-15-17-26(18-16-24)36-25-12-6-7-13-25/h8-9,14-20,23,25,29-30H,3-7,10-13H2,1-2H3,(H,33,37)/t29-,30-/m0/s1. The molecule has 2 saturated carbocycles. The molecule has 1 N–H and O–H groups in total. The Morgan fingerprint density at radius 3 is 2.35 bits per heavy atom. The maximum absolute atomic E-state index is 6.25. The summed E-state index contributed by atoms with van der Waals surface area (Å²) in [6, 6.07) is 17.7. The molecule has 5 nitrogen and oxygen atoms in total. The van der Waals surface area contributed by atoms with Gasteiger partial charge in [-0.25, -0.2) is 0 Å². The molecule has 2 atom stereocenters. The molecule has 6 heteroatoms. The Morgan fingerprint density at radius 1 is 0.919 bits per heavy atom. The number of nitrogens with one attached hydrogen (secondary N) is 1. The van der Waals surface area contributed by atoms with Crippen LogP contribution in [0.15, 0.2) is 54.7 Å². The van der Waals surface area contributed by atoms with Crippen molar-refractivity contribution in [3.8, 4) is 5.75 Å². The lowest BCUT2D eigenvalue weighted by atomic mass is 9.94. The van der Waals surface area contributed by atoms with E-state index in [9.17, 15) is 0 Å². The smallest absolute Gasteiger partial charge is 0.174 e. The van der Waals surface area contributed by atoms with Gasteiger partial charge in [0.1, 0.15) is 5.75 Å². The van der Waals surface area contributed by atoms with Crippen LogP contribution in [0, 0.1) is 13.8 Å². The highest BCUT2D eigenvalue weighted by Crippen LogP contribution is 2.45. The van der Waals surface area contributed by atoms with Crippen LogP contribution in [-0.4, -0.2) is 20.8 Å². The molecule has 2 aromatic heterocycles. The zero-order chi connectivity index (χ0) is 25.4. The number of aromatic nitrogens is 2. The molecule has 6 rings (SSSR count). The molecule has 1 aromatic carbocycles. The molecule has 0 unspecified atom stereocenters. The molecule has 1 aliphatic heterocycles. The molecule has 0 spiro atoms. The second kappa shape index (κ2) is 10.5. The summed E-state index contributed by atoms with van der Waals surface area (Å²) < 4.78 is 8.85. The fourth-order valence-electron chi connectivity index (χ4n) is 6.84. The van der Waals surface area contributed by atoms with E-state index in [2.05, 4.69) is 71.1 Å². The molecule has 2 aliphatic carbocycles. The van der Waals surface area contributed by atoms with Crippen molar-refractivity contribution in [3.63, 3.8) is 0 Å². The van der Waals surface area contributed by atoms with Crippen LogP contribution in [0.5, 0.6) is 5.75 Å². The highest BCUT2D eigenvalue weighted by molar-refractivity contribution is 7.80. The number of aryl methyl sites for hydroxylation is 1. The largest absolute Gasteiger partial charge is 0.490 e. The first-order valence-electron chi connectivity index (χ1n) is 14.1. The monoisotopic (exact) mass is 514 g/mol. The van der Waals surface area contributed by atoms with Gasteiger partial charge >= 0.3 is 0 Å². The Labute approximate surface area is 226 Å². The van der Waals surface area contributed by atoms with Gasteiger partial charge in [-0.15, -0.1) is 0 Å². The summed E-state index contributed by atoms with van der Waals surface area (Å²) in [4.78, 5) is 7.04. The lowest BCUT2D eigenvalue weighted by molar-refractivity contribution is 0.210. The van der Waals surface area contributed by atoms with Crippen molar-refractivity contribution in [2.75, 3.05) is 4.90 Å². The SMILES string of the molecule is Cc1cc([C@H]2[C@H](c3ccccn3)NC(=S)N2c2ccc(OC3CCCC3)cc2)c(C)n1C1CCCCC1. The van der Waals surface area contributed by atoms with Crippen molar-refractivity contribution in [1.29, 1.82) is 0 Å². The maximum atomic E-state index is 6.25. The number of ether oxygens (including phenoxy) is 1. The minimum Gasteiger partial charge on any atom is -0.490 e. The van der Waals surface area contributed by atoms with Crippen molar-refractivity contribution in [1.82, 2.24) is 14.9 Å². The van der Waals surface area contributed by atoms with E-state index in [1.165, 1.54) is 61.9 Å². The van der Waals surface area contributed by atoms with Crippen LogP contribution in [0.3, 0.4) is 0 Å². The molecule has 3 heterocycles. The third-order valence-corrected chi connectivity index (χ3v) is 8.91. The summed E-state index contributed by atoms with van der Waals surface area (Å²) in [6.07, 6.45) is 13.6. The molecule has 3 fully saturated rings. The summed E-state index contributed by atoms with van der Waals surface area (Å²) in [7, 11) is 0. The van der Waals surface area contributed by atoms with Gasteiger partial charge in [-0.1, -0.05) is 25.3 Å². The Bertz CT molecular complexity index is 1230. The Kier molecular flexibility index (Phi) is 6.94. The number of thiocarbonyl (C=S) groups is 1. The summed E-state index contributed by atoms with van der Waals surface area (Å²) in [6.45, 7) is 4.56. The number of pyridine rings is 1. The highest BCUT2D eigenvalue weighted by Gasteiger charge is 2.42. The molecular weight excluding hydrogens is 476 g/mol. The predicted octanol–water partition coefficient (Wildman–Crippen LogP) is 7.50. The van der Waals surface area contributed by atoms with Gasteiger partial charge in [0.05, 0.1) is 23.9 Å². The normalized spacial score (nSPS) is 23.0. The van der Waals surface area contributed by atoms with E-state index in [1.54, 1.807) is 0 Å². The van der Waals surface area contributed by atoms with Gasteiger partial charge in [-0.2, -0.15) is 0 Å². The number of hydrogen-bond acceptors (Lipinski definition) is 3. The second-order valence-electron chi connectivity index (χ2n) is 11.0. The lowest BCUT2D eigenvalue weighted by Crippen LogP contribution is -2.29. The van der Waals surface area contributed by atoms with Crippen LogP contribution in [0.2, 0.25) is 0 Å². The average Bonchev–Trinajstić information content (AvgIpc) is 3.63. The van der Waals surface area contributed by atoms with Crippen molar-refractivity contribution in [2.24, 2.45) is 0 Å². The summed E-state index contributed by atoms with van der Waals surface area (Å²) >= 11 is 5.98. The van der Waals surface area contributed by atoms with Crippen molar-refractivity contribution in [3.05, 3.63) is 77.4 Å². The first-order valence-corrected chi connectivity index (χ1v) is 14.5. The van der Waals surface area contributed by atoms with E-state index >= 15 is 0 Å². The number of benzene rings is 1. The quantitative estimate of drug-likeness (QED) is 0.345. The van der Waals surface area contributed by atoms with E-state index in [-0.39, 0.29) is 12.1 Å². The Balaban J connectivity index is 1.37. The van der Waals surface area contributed by atoms with Gasteiger partial charge in [-0.05, 0) is 113 Å². The van der Waals surface area contributed by atoms with Crippen molar-refractivity contribution >= 4 is 23.0 Å². The highest BCUT2D eigenvalue weighted by atomic mass is 32.1. The lowest BCUT2D eigenvalue weighted by Gasteiger charge is -2.30. The third-order valence-electron chi connectivity index (χ3n) is 8.60. The van der Waals surface area contributed by atoms with E-state index in [4.69, 9.17) is 21.9 Å². The molecule has 37 heavy (non-hydrogen) atoms. The van der Waals surface area contributed by atoms with Crippen molar-refractivity contribution < 1.29 is 4.74 Å². The van der Waals surface area contributed by atoms with Crippen LogP contribution in [0.1, 0.15) is 98.6 Å². The fourth-order valence-corrected chi connectivity index (χ4v) is 7.18. The summed E-state index contributed by atoms with van der Waals surface area (Å²) in [5, 5.41) is 4.37. The van der Waals surface area contributed by atoms with Crippen LogP contribution < -0.4 is 15.0 Å². The van der Waals surface area contributed by atoms with Crippen LogP contribution in [0.25, 0.3) is 0 Å². The van der Waals surface area contributed by atoms with Crippen molar-refractivity contribution in [2.45, 2.75) is 95.9 Å². The van der Waals surface area contributed by atoms with Gasteiger partial charge < -0.3 is 19.5 Å². The molecule has 194 valence electrons. The molecule has 3 aromatic rings. The average molecular weight is 515 g/mol. The first kappa shape index (κ1) is 24.5. The summed E-state index contributed by atoms with van der Waals surface area (Å²) in [5.74, 6) is 0.946. The third kappa shape index (κ3) is 4.76. The minimum atomic E-state index is -0.0246. The molecular formula is C31H38N4OS. The first-order chi connectivity index (χ1) is 18.1. The molecule has 1 saturated heterocycles. The van der Waals surface area contributed by atoms with Gasteiger partial charge in [-0.3, -0.25) is 4.98 Å². The van der Waals surface area contributed by atoms with Gasteiger partial charge in [0.15, 0.2) is 5.11 Å². The van der Waals surface area contributed by atoms with Crippen LogP contribution in [0.4, 0.5) is 5.69 Å². The fraction of sp³-hybridized carbons (Fsp3) is 0.484. The molecule has 0 radical (unpaired) electrons. The number of nitrogens with zero attached hydrogens (tertiary/aromatic N) is 3. The zero-order valence-electron chi connectivity index (χ0n) is 22.0. The number of hydrogen-bond donors (Lipinski definition) is 1. The van der Waals surface area contributed by atoms with Crippen LogP contribution >= 0.6 is 12.2 Å². The van der Waals surface area contributed by atoms with E-state index in [1.807, 2.05) is 12.3 Å². The van der Waals surface area contributed by atoms with E-state index in [0.29, 0.717) is 12.1 Å². The number of anilines is 1. The maximum Gasteiger partial charge on any atom is 0.174 e. The van der Waals surface area contributed by atoms with Gasteiger partial charge in [0, 0.05) is 29.3 Å². The van der Waals surface area contributed by atoms with E-state index in [0.717, 1.165) is 35.1 Å².